The summed E-state index contributed by atoms with van der Waals surface area (Å²) in [5, 5.41) is 8.29. The minimum absolute atomic E-state index is 0.521. The topological polar surface area (TPSA) is 157 Å². The van der Waals surface area contributed by atoms with Gasteiger partial charge in [-0.25, -0.2) is 4.98 Å². The minimum atomic E-state index is -0.613. The molecule has 3 fully saturated rings. The molecule has 0 amide bonds. The first-order valence-corrected chi connectivity index (χ1v) is 17.4. The molecule has 10 heteroatoms. The fraction of sp³-hybridized carbons (Fsp3) is 0.333. The zero-order valence-corrected chi connectivity index (χ0v) is 29.3. The number of hydrogen-bond donors (Lipinski definition) is 2. The molecule has 0 bridgehead atoms. The molecule has 0 radical (unpaired) electrons. The third-order valence-corrected chi connectivity index (χ3v) is 8.09. The minimum Gasteiger partial charge on any atom is -0.384 e. The Morgan fingerprint density at radius 2 is 1.39 bits per heavy atom. The lowest BCUT2D eigenvalue weighted by Crippen LogP contribution is -2.13. The Labute approximate surface area is 297 Å². The molecule has 3 aliphatic carbocycles. The molecule has 256 valence electrons. The van der Waals surface area contributed by atoms with Crippen LogP contribution in [0.5, 0.6) is 0 Å². The standard InChI is InChI=1S/C14H14N2O.C11H14N2.C7H5N.C4H9N.C3H3BrO2/c17-10-13-8-15-14(12-4-2-1-3-5-12)16(13)9-11-6-7-11;12-11(13-8-9-6-7-9)10-4-2-1-3-5-10;8-6-7-4-2-1-3-5-7;5-3-4-1-2-4;4-3(1-5)2-6/h1-5,8,10-11H,6-7,9H2;1-5,9H,6-8H2,(H2,12,13);1-5H;4H,1-3,5H2;1-3H. The number of alkyl halides is 1. The van der Waals surface area contributed by atoms with Crippen molar-refractivity contribution in [3.05, 3.63) is 114 Å². The van der Waals surface area contributed by atoms with Crippen molar-refractivity contribution in [3.8, 4) is 17.5 Å². The lowest BCUT2D eigenvalue weighted by molar-refractivity contribution is -0.113. The summed E-state index contributed by atoms with van der Waals surface area (Å²) in [5.74, 6) is 4.02. The number of nitrogens with two attached hydrogens (primary N) is 2. The highest BCUT2D eigenvalue weighted by molar-refractivity contribution is 9.10. The monoisotopic (exact) mass is 724 g/mol. The number of imidazole rings is 1. The van der Waals surface area contributed by atoms with Gasteiger partial charge < -0.3 is 25.6 Å². The fourth-order valence-corrected chi connectivity index (χ4v) is 4.18. The van der Waals surface area contributed by atoms with Gasteiger partial charge in [-0.2, -0.15) is 5.26 Å². The first-order chi connectivity index (χ1) is 23.9. The van der Waals surface area contributed by atoms with Gasteiger partial charge in [-0.15, -0.1) is 0 Å². The molecule has 0 atom stereocenters. The van der Waals surface area contributed by atoms with Crippen LogP contribution >= 0.6 is 15.9 Å². The molecule has 49 heavy (non-hydrogen) atoms. The summed E-state index contributed by atoms with van der Waals surface area (Å²) in [5.41, 5.74) is 14.5. The van der Waals surface area contributed by atoms with Gasteiger partial charge in [-0.05, 0) is 75.0 Å². The summed E-state index contributed by atoms with van der Waals surface area (Å²) in [7, 11) is 0. The Bertz CT molecular complexity index is 1600. The van der Waals surface area contributed by atoms with Crippen LogP contribution < -0.4 is 11.5 Å². The van der Waals surface area contributed by atoms with E-state index in [1.54, 1.807) is 18.3 Å². The Balaban J connectivity index is 0.000000179. The molecule has 3 aromatic carbocycles. The largest absolute Gasteiger partial charge is 0.384 e. The van der Waals surface area contributed by atoms with Gasteiger partial charge in [-0.1, -0.05) is 94.8 Å². The SMILES string of the molecule is N#Cc1ccccc1.NC(=NCC1CC1)c1ccccc1.NCC1CC1.O=CC(Br)C=O.O=Cc1cnc(-c2ccccc2)n1CC1CC1. The molecule has 1 aromatic heterocycles. The predicted molar refractivity (Wildman–Crippen MR) is 198 cm³/mol. The number of amidine groups is 1. The third-order valence-electron chi connectivity index (χ3n) is 7.66. The van der Waals surface area contributed by atoms with Crippen LogP contribution in [0.15, 0.2) is 102 Å². The summed E-state index contributed by atoms with van der Waals surface area (Å²) in [6.07, 6.45) is 11.6. The first-order valence-electron chi connectivity index (χ1n) is 16.5. The Morgan fingerprint density at radius 1 is 0.857 bits per heavy atom. The van der Waals surface area contributed by atoms with E-state index in [4.69, 9.17) is 16.7 Å². The van der Waals surface area contributed by atoms with E-state index in [1.165, 1.54) is 38.5 Å². The van der Waals surface area contributed by atoms with Crippen molar-refractivity contribution in [2.45, 2.75) is 49.9 Å². The van der Waals surface area contributed by atoms with Crippen LogP contribution in [-0.4, -0.2) is 52.2 Å². The van der Waals surface area contributed by atoms with E-state index in [9.17, 15) is 14.4 Å². The molecule has 0 aliphatic heterocycles. The predicted octanol–water partition coefficient (Wildman–Crippen LogP) is 6.64. The van der Waals surface area contributed by atoms with E-state index >= 15 is 0 Å². The number of nitrogens with zero attached hydrogens (tertiary/aromatic N) is 4. The van der Waals surface area contributed by atoms with Crippen molar-refractivity contribution in [2.24, 2.45) is 34.2 Å². The molecular weight excluding hydrogens is 680 g/mol. The maximum Gasteiger partial charge on any atom is 0.168 e. The molecule has 4 aromatic rings. The number of halogens is 1. The van der Waals surface area contributed by atoms with Crippen molar-refractivity contribution in [2.75, 3.05) is 13.1 Å². The number of aromatic nitrogens is 2. The Hall–Kier alpha value is -4.72. The fourth-order valence-electron chi connectivity index (χ4n) is 4.18. The van der Waals surface area contributed by atoms with Crippen molar-refractivity contribution >= 4 is 40.6 Å². The van der Waals surface area contributed by atoms with E-state index in [2.05, 4.69) is 25.9 Å². The van der Waals surface area contributed by atoms with E-state index < -0.39 is 4.83 Å². The number of benzene rings is 3. The van der Waals surface area contributed by atoms with E-state index in [1.807, 2.05) is 89.5 Å². The second kappa shape index (κ2) is 22.0. The number of hydrogen-bond acceptors (Lipinski definition) is 7. The van der Waals surface area contributed by atoms with Crippen LogP contribution in [0.2, 0.25) is 0 Å². The number of carbonyl (C=O) groups is 3. The summed E-state index contributed by atoms with van der Waals surface area (Å²) in [6.45, 7) is 2.74. The average molecular weight is 726 g/mol. The van der Waals surface area contributed by atoms with Crippen LogP contribution in [0.4, 0.5) is 0 Å². The number of nitriles is 1. The second-order valence-corrected chi connectivity index (χ2v) is 13.0. The third kappa shape index (κ3) is 15.8. The highest BCUT2D eigenvalue weighted by Crippen LogP contribution is 2.33. The van der Waals surface area contributed by atoms with Gasteiger partial charge in [0.1, 0.15) is 34.8 Å². The maximum atomic E-state index is 11.0. The van der Waals surface area contributed by atoms with Gasteiger partial charge in [0.2, 0.25) is 0 Å². The summed E-state index contributed by atoms with van der Waals surface area (Å²) in [6, 6.07) is 31.1. The zero-order chi connectivity index (χ0) is 35.3. The maximum absolute atomic E-state index is 11.0. The average Bonchev–Trinajstić information content (AvgIpc) is 4.03. The quantitative estimate of drug-likeness (QED) is 0.0611. The number of rotatable bonds is 10. The highest BCUT2D eigenvalue weighted by Gasteiger charge is 2.24. The molecule has 0 spiro atoms. The number of aldehydes is 3. The molecule has 3 aliphatic rings. The molecule has 4 N–H and O–H groups in total. The molecule has 3 saturated carbocycles. The lowest BCUT2D eigenvalue weighted by atomic mass is 10.2. The van der Waals surface area contributed by atoms with Crippen LogP contribution in [-0.2, 0) is 16.1 Å². The molecule has 1 heterocycles. The van der Waals surface area contributed by atoms with Gasteiger partial charge in [0.05, 0.1) is 17.8 Å². The summed E-state index contributed by atoms with van der Waals surface area (Å²) < 4.78 is 2.04. The second-order valence-electron chi connectivity index (χ2n) is 12.0. The number of carbonyl (C=O) groups excluding carboxylic acids is 3. The van der Waals surface area contributed by atoms with Gasteiger partial charge in [0.25, 0.3) is 0 Å². The van der Waals surface area contributed by atoms with E-state index in [-0.39, 0.29) is 0 Å². The van der Waals surface area contributed by atoms with Crippen molar-refractivity contribution in [1.82, 2.24) is 9.55 Å². The summed E-state index contributed by atoms with van der Waals surface area (Å²) >= 11 is 2.74. The molecule has 7 rings (SSSR count). The highest BCUT2D eigenvalue weighted by atomic mass is 79.9. The Kier molecular flexibility index (Phi) is 17.4. The molecule has 0 unspecified atom stereocenters. The van der Waals surface area contributed by atoms with Crippen LogP contribution in [0.25, 0.3) is 11.4 Å². The molecule has 9 nitrogen and oxygen atoms in total. The van der Waals surface area contributed by atoms with Crippen LogP contribution in [0.3, 0.4) is 0 Å². The molecular formula is C39H45BrN6O3. The smallest absolute Gasteiger partial charge is 0.168 e. The molecule has 0 saturated heterocycles. The van der Waals surface area contributed by atoms with Gasteiger partial charge >= 0.3 is 0 Å². The van der Waals surface area contributed by atoms with Crippen molar-refractivity contribution < 1.29 is 14.4 Å². The van der Waals surface area contributed by atoms with E-state index in [0.29, 0.717) is 29.7 Å². The first kappa shape index (κ1) is 38.7. The van der Waals surface area contributed by atoms with Gasteiger partial charge in [-0.3, -0.25) is 9.79 Å². The summed E-state index contributed by atoms with van der Waals surface area (Å²) in [4.78, 5) is 38.0. The zero-order valence-electron chi connectivity index (χ0n) is 27.7. The number of aliphatic imine (C=N–C) groups is 1. The lowest BCUT2D eigenvalue weighted by Gasteiger charge is -2.08. The van der Waals surface area contributed by atoms with Crippen molar-refractivity contribution in [3.63, 3.8) is 0 Å². The normalized spacial score (nSPS) is 14.4. The van der Waals surface area contributed by atoms with Crippen LogP contribution in [0.1, 0.15) is 60.1 Å². The van der Waals surface area contributed by atoms with Crippen LogP contribution in [0, 0.1) is 29.1 Å². The van der Waals surface area contributed by atoms with Gasteiger partial charge in [0, 0.05) is 24.2 Å². The van der Waals surface area contributed by atoms with E-state index in [0.717, 1.165) is 60.6 Å². The Morgan fingerprint density at radius 3 is 1.80 bits per heavy atom. The van der Waals surface area contributed by atoms with Crippen molar-refractivity contribution in [1.29, 1.82) is 5.26 Å². The van der Waals surface area contributed by atoms with Gasteiger partial charge in [0.15, 0.2) is 6.29 Å².